The summed E-state index contributed by atoms with van der Waals surface area (Å²) in [6, 6.07) is 20.0. The van der Waals surface area contributed by atoms with E-state index in [-0.39, 0.29) is 5.69 Å². The molecular weight excluding hydrogens is 562 g/mol. The van der Waals surface area contributed by atoms with Crippen molar-refractivity contribution in [2.45, 2.75) is 57.7 Å². The molecule has 0 bridgehead atoms. The zero-order chi connectivity index (χ0) is 31.2. The third-order valence-electron chi connectivity index (χ3n) is 9.73. The first-order valence-electron chi connectivity index (χ1n) is 16.7. The maximum atomic E-state index is 12.4. The van der Waals surface area contributed by atoms with Gasteiger partial charge in [-0.05, 0) is 69.0 Å². The standard InChI is InChI=1S/C35H49N9O/c1-3-31-34(37-28-13-17-42(18-14-28)25-26-7-5-4-6-8-26)40-35(32(39-31)33(36)45)38-27-9-11-29(12-10-27)43-19-15-30(16-20-43)44-23-21-41(2)22-24-44/h4-12,28,30H,3,13-25H2,1-2H3,(H2,36,45)(H2,37,38,40). The van der Waals surface area contributed by atoms with Gasteiger partial charge in [-0.3, -0.25) is 14.6 Å². The van der Waals surface area contributed by atoms with Crippen molar-refractivity contribution in [1.82, 2.24) is 24.7 Å². The van der Waals surface area contributed by atoms with E-state index >= 15 is 0 Å². The topological polar surface area (TPSA) is 106 Å². The minimum atomic E-state index is -0.583. The smallest absolute Gasteiger partial charge is 0.271 e. The molecule has 0 aliphatic carbocycles. The Labute approximate surface area is 268 Å². The quantitative estimate of drug-likeness (QED) is 0.312. The molecule has 10 heteroatoms. The lowest BCUT2D eigenvalue weighted by Crippen LogP contribution is -2.52. The second-order valence-electron chi connectivity index (χ2n) is 12.8. The number of aryl methyl sites for hydroxylation is 1. The molecule has 3 aliphatic heterocycles. The minimum Gasteiger partial charge on any atom is -0.371 e. The van der Waals surface area contributed by atoms with Crippen LogP contribution in [0.25, 0.3) is 0 Å². The Bertz CT molecular complexity index is 1390. The summed E-state index contributed by atoms with van der Waals surface area (Å²) in [5.74, 6) is 0.538. The predicted molar refractivity (Wildman–Crippen MR) is 182 cm³/mol. The van der Waals surface area contributed by atoms with Crippen LogP contribution in [0.15, 0.2) is 54.6 Å². The average Bonchev–Trinajstić information content (AvgIpc) is 3.07. The molecule has 0 saturated carbocycles. The van der Waals surface area contributed by atoms with Crippen molar-refractivity contribution in [3.8, 4) is 0 Å². The van der Waals surface area contributed by atoms with E-state index in [1.54, 1.807) is 0 Å². The molecule has 4 N–H and O–H groups in total. The summed E-state index contributed by atoms with van der Waals surface area (Å²) in [5, 5.41) is 7.00. The van der Waals surface area contributed by atoms with Crippen LogP contribution in [0.3, 0.4) is 0 Å². The molecule has 0 unspecified atom stereocenters. The van der Waals surface area contributed by atoms with Crippen molar-refractivity contribution in [1.29, 1.82) is 0 Å². The van der Waals surface area contributed by atoms with Crippen LogP contribution >= 0.6 is 0 Å². The van der Waals surface area contributed by atoms with Crippen LogP contribution in [0.2, 0.25) is 0 Å². The highest BCUT2D eigenvalue weighted by atomic mass is 16.1. The van der Waals surface area contributed by atoms with E-state index in [0.29, 0.717) is 24.3 Å². The maximum Gasteiger partial charge on any atom is 0.271 e. The summed E-state index contributed by atoms with van der Waals surface area (Å²) in [6.07, 6.45) is 5.10. The number of rotatable bonds is 10. The maximum absolute atomic E-state index is 12.4. The van der Waals surface area contributed by atoms with Crippen molar-refractivity contribution < 1.29 is 4.79 Å². The first kappa shape index (κ1) is 31.3. The minimum absolute atomic E-state index is 0.171. The van der Waals surface area contributed by atoms with Gasteiger partial charge in [0.25, 0.3) is 5.91 Å². The molecule has 4 heterocycles. The van der Waals surface area contributed by atoms with Gasteiger partial charge >= 0.3 is 0 Å². The third-order valence-corrected chi connectivity index (χ3v) is 9.73. The van der Waals surface area contributed by atoms with Gasteiger partial charge in [-0.25, -0.2) is 9.97 Å². The Hall–Kier alpha value is -3.73. The van der Waals surface area contributed by atoms with E-state index in [1.165, 1.54) is 50.3 Å². The number of amides is 1. The van der Waals surface area contributed by atoms with Crippen molar-refractivity contribution in [2.24, 2.45) is 5.73 Å². The molecule has 1 aromatic heterocycles. The highest BCUT2D eigenvalue weighted by Gasteiger charge is 2.27. The molecule has 6 rings (SSSR count). The number of hydrogen-bond donors (Lipinski definition) is 3. The first-order chi connectivity index (χ1) is 21.9. The largest absolute Gasteiger partial charge is 0.371 e. The molecule has 0 spiro atoms. The fourth-order valence-electron chi connectivity index (χ4n) is 6.93. The van der Waals surface area contributed by atoms with Crippen LogP contribution in [-0.4, -0.2) is 102 Å². The number of nitrogens with zero attached hydrogens (tertiary/aromatic N) is 6. The summed E-state index contributed by atoms with van der Waals surface area (Å²) < 4.78 is 0. The number of piperazine rings is 1. The lowest BCUT2D eigenvalue weighted by atomic mass is 10.0. The van der Waals surface area contributed by atoms with Crippen LogP contribution in [0.5, 0.6) is 0 Å². The van der Waals surface area contributed by atoms with Gasteiger partial charge in [-0.2, -0.15) is 0 Å². The van der Waals surface area contributed by atoms with Gasteiger partial charge in [0.2, 0.25) is 0 Å². The zero-order valence-electron chi connectivity index (χ0n) is 26.9. The number of aromatic nitrogens is 2. The van der Waals surface area contributed by atoms with E-state index in [4.69, 9.17) is 10.7 Å². The second kappa shape index (κ2) is 14.6. The van der Waals surface area contributed by atoms with Crippen molar-refractivity contribution in [3.05, 3.63) is 71.5 Å². The number of piperidine rings is 2. The number of hydrogen-bond acceptors (Lipinski definition) is 9. The summed E-state index contributed by atoms with van der Waals surface area (Å²) in [7, 11) is 2.22. The first-order valence-corrected chi connectivity index (χ1v) is 16.7. The van der Waals surface area contributed by atoms with Gasteiger partial charge in [0, 0.05) is 82.4 Å². The Morgan fingerprint density at radius 3 is 2.18 bits per heavy atom. The lowest BCUT2D eigenvalue weighted by Gasteiger charge is -2.42. The van der Waals surface area contributed by atoms with Crippen LogP contribution in [-0.2, 0) is 13.0 Å². The molecule has 3 fully saturated rings. The van der Waals surface area contributed by atoms with E-state index in [2.05, 4.69) is 96.9 Å². The molecule has 45 heavy (non-hydrogen) atoms. The molecule has 2 aromatic carbocycles. The number of carbonyl (C=O) groups excluding carboxylic acids is 1. The number of carbonyl (C=O) groups is 1. The average molecular weight is 612 g/mol. The molecule has 3 aromatic rings. The Morgan fingerprint density at radius 2 is 1.53 bits per heavy atom. The monoisotopic (exact) mass is 611 g/mol. The van der Waals surface area contributed by atoms with Crippen molar-refractivity contribution in [2.75, 3.05) is 74.9 Å². The van der Waals surface area contributed by atoms with Crippen LogP contribution < -0.4 is 21.3 Å². The van der Waals surface area contributed by atoms with Gasteiger partial charge in [-0.1, -0.05) is 37.3 Å². The number of benzene rings is 2. The molecule has 10 nitrogen and oxygen atoms in total. The number of anilines is 4. The Kier molecular flexibility index (Phi) is 10.1. The highest BCUT2D eigenvalue weighted by molar-refractivity contribution is 5.96. The van der Waals surface area contributed by atoms with Gasteiger partial charge in [0.05, 0.1) is 5.69 Å². The summed E-state index contributed by atoms with van der Waals surface area (Å²) in [6.45, 7) is 11.9. The highest BCUT2D eigenvalue weighted by Crippen LogP contribution is 2.28. The molecule has 1 amide bonds. The molecule has 0 atom stereocenters. The number of nitrogens with one attached hydrogen (secondary N) is 2. The van der Waals surface area contributed by atoms with Crippen LogP contribution in [0.1, 0.15) is 54.4 Å². The van der Waals surface area contributed by atoms with Gasteiger partial charge < -0.3 is 26.2 Å². The number of primary amides is 1. The van der Waals surface area contributed by atoms with Crippen LogP contribution in [0, 0.1) is 0 Å². The SMILES string of the molecule is CCc1nc(C(N)=O)c(Nc2ccc(N3CCC(N4CCN(C)CC4)CC3)cc2)nc1NC1CCN(Cc2ccccc2)CC1. The number of likely N-dealkylation sites (N-methyl/N-ethyl adjacent to an activating group) is 1. The lowest BCUT2D eigenvalue weighted by molar-refractivity contribution is 0.0982. The third kappa shape index (κ3) is 7.92. The second-order valence-corrected chi connectivity index (χ2v) is 12.8. The van der Waals surface area contributed by atoms with E-state index in [0.717, 1.165) is 62.8 Å². The van der Waals surface area contributed by atoms with E-state index < -0.39 is 5.91 Å². The van der Waals surface area contributed by atoms with Gasteiger partial charge in [0.1, 0.15) is 0 Å². The molecule has 3 saturated heterocycles. The van der Waals surface area contributed by atoms with E-state index in [1.807, 2.05) is 6.92 Å². The predicted octanol–water partition coefficient (Wildman–Crippen LogP) is 4.17. The van der Waals surface area contributed by atoms with Crippen LogP contribution in [0.4, 0.5) is 23.0 Å². The summed E-state index contributed by atoms with van der Waals surface area (Å²) in [4.78, 5) is 32.1. The Balaban J connectivity index is 1.07. The number of nitrogens with two attached hydrogens (primary N) is 1. The summed E-state index contributed by atoms with van der Waals surface area (Å²) >= 11 is 0. The Morgan fingerprint density at radius 1 is 0.844 bits per heavy atom. The number of likely N-dealkylation sites (tertiary alicyclic amines) is 1. The zero-order valence-corrected chi connectivity index (χ0v) is 26.9. The molecular formula is C35H49N9O. The fourth-order valence-corrected chi connectivity index (χ4v) is 6.93. The molecule has 240 valence electrons. The normalized spacial score (nSPS) is 19.5. The van der Waals surface area contributed by atoms with Crippen molar-refractivity contribution in [3.63, 3.8) is 0 Å². The molecule has 3 aliphatic rings. The summed E-state index contributed by atoms with van der Waals surface area (Å²) in [5.41, 5.74) is 10.1. The molecule has 0 radical (unpaired) electrons. The fraction of sp³-hybridized carbons (Fsp3) is 0.514. The van der Waals surface area contributed by atoms with Gasteiger partial charge in [-0.15, -0.1) is 0 Å². The van der Waals surface area contributed by atoms with Gasteiger partial charge in [0.15, 0.2) is 17.3 Å². The van der Waals surface area contributed by atoms with Crippen molar-refractivity contribution >= 4 is 28.9 Å². The van der Waals surface area contributed by atoms with E-state index in [9.17, 15) is 4.79 Å².